The molecule has 0 aromatic heterocycles. The molecule has 0 heterocycles. The van der Waals surface area contributed by atoms with Gasteiger partial charge in [-0.3, -0.25) is 4.79 Å². The molecular formula is C20H30F2O. The smallest absolute Gasteiger partial charge is 0.163 e. The third-order valence-corrected chi connectivity index (χ3v) is 4.19. The van der Waals surface area contributed by atoms with Gasteiger partial charge in [0.05, 0.1) is 0 Å². The van der Waals surface area contributed by atoms with E-state index in [-0.39, 0.29) is 11.3 Å². The number of unbranched alkanes of at least 4 members (excludes halogenated alkanes) is 10. The van der Waals surface area contributed by atoms with E-state index in [9.17, 15) is 13.6 Å². The third kappa shape index (κ3) is 9.47. The largest absolute Gasteiger partial charge is 0.294 e. The van der Waals surface area contributed by atoms with Crippen molar-refractivity contribution in [3.05, 3.63) is 35.4 Å². The molecule has 0 atom stereocenters. The van der Waals surface area contributed by atoms with Gasteiger partial charge >= 0.3 is 0 Å². The number of Topliss-reactive ketones (excluding diaryl/α,β-unsaturated/α-hetero) is 1. The first-order valence-electron chi connectivity index (χ1n) is 9.12. The number of rotatable bonds is 13. The molecule has 0 bridgehead atoms. The average molecular weight is 324 g/mol. The highest BCUT2D eigenvalue weighted by molar-refractivity contribution is 5.96. The van der Waals surface area contributed by atoms with E-state index in [2.05, 4.69) is 6.92 Å². The summed E-state index contributed by atoms with van der Waals surface area (Å²) in [6.45, 7) is 2.23. The summed E-state index contributed by atoms with van der Waals surface area (Å²) in [6, 6.07) is 3.02. The SMILES string of the molecule is CCCCCCCCCCCCCC(=O)c1cc(F)cc(F)c1. The summed E-state index contributed by atoms with van der Waals surface area (Å²) >= 11 is 0. The predicted molar refractivity (Wildman–Crippen MR) is 91.8 cm³/mol. The lowest BCUT2D eigenvalue weighted by Gasteiger charge is -2.03. The van der Waals surface area contributed by atoms with Gasteiger partial charge in [-0.1, -0.05) is 71.1 Å². The van der Waals surface area contributed by atoms with Crippen LogP contribution in [0.2, 0.25) is 0 Å². The standard InChI is InChI=1S/C20H30F2O/c1-2-3-4-5-6-7-8-9-10-11-12-13-20(23)17-14-18(21)16-19(22)15-17/h14-16H,2-13H2,1H3. The number of hydrogen-bond acceptors (Lipinski definition) is 1. The Hall–Kier alpha value is -1.25. The molecular weight excluding hydrogens is 294 g/mol. The first-order valence-corrected chi connectivity index (χ1v) is 9.12. The molecule has 0 aliphatic rings. The van der Waals surface area contributed by atoms with Crippen molar-refractivity contribution in [2.24, 2.45) is 0 Å². The minimum Gasteiger partial charge on any atom is -0.294 e. The minimum atomic E-state index is -0.688. The quantitative estimate of drug-likeness (QED) is 0.286. The third-order valence-electron chi connectivity index (χ3n) is 4.19. The van der Waals surface area contributed by atoms with Gasteiger partial charge in [0.25, 0.3) is 0 Å². The number of benzene rings is 1. The van der Waals surface area contributed by atoms with Gasteiger partial charge in [0.2, 0.25) is 0 Å². The van der Waals surface area contributed by atoms with Crippen LogP contribution in [0.1, 0.15) is 94.3 Å². The van der Waals surface area contributed by atoms with Crippen molar-refractivity contribution >= 4 is 5.78 Å². The van der Waals surface area contributed by atoms with Gasteiger partial charge in [-0.05, 0) is 18.6 Å². The highest BCUT2D eigenvalue weighted by Gasteiger charge is 2.08. The summed E-state index contributed by atoms with van der Waals surface area (Å²) in [5.41, 5.74) is 0.148. The zero-order chi connectivity index (χ0) is 16.9. The number of carbonyl (C=O) groups excluding carboxylic acids is 1. The Labute approximate surface area is 139 Å². The molecule has 0 N–H and O–H groups in total. The van der Waals surface area contributed by atoms with Crippen LogP contribution in [0.15, 0.2) is 18.2 Å². The van der Waals surface area contributed by atoms with E-state index in [1.165, 1.54) is 51.4 Å². The monoisotopic (exact) mass is 324 g/mol. The number of carbonyl (C=O) groups is 1. The molecule has 0 spiro atoms. The van der Waals surface area contributed by atoms with Crippen LogP contribution in [0.3, 0.4) is 0 Å². The lowest BCUT2D eigenvalue weighted by molar-refractivity contribution is 0.0978. The summed E-state index contributed by atoms with van der Waals surface area (Å²) in [6.07, 6.45) is 13.8. The first-order chi connectivity index (χ1) is 11.1. The van der Waals surface area contributed by atoms with Crippen molar-refractivity contribution in [1.82, 2.24) is 0 Å². The molecule has 0 radical (unpaired) electrons. The molecule has 130 valence electrons. The van der Waals surface area contributed by atoms with Crippen LogP contribution in [0.4, 0.5) is 8.78 Å². The Kier molecular flexibility index (Phi) is 10.5. The fourth-order valence-corrected chi connectivity index (χ4v) is 2.81. The molecule has 1 aromatic rings. The molecule has 0 saturated heterocycles. The van der Waals surface area contributed by atoms with E-state index < -0.39 is 11.6 Å². The number of halogens is 2. The molecule has 1 nitrogen and oxygen atoms in total. The van der Waals surface area contributed by atoms with Gasteiger partial charge in [-0.25, -0.2) is 8.78 Å². The molecule has 0 aliphatic carbocycles. The summed E-state index contributed by atoms with van der Waals surface area (Å²) in [4.78, 5) is 11.9. The van der Waals surface area contributed by atoms with Crippen molar-refractivity contribution in [3.8, 4) is 0 Å². The van der Waals surface area contributed by atoms with Gasteiger partial charge in [0, 0.05) is 18.1 Å². The fourth-order valence-electron chi connectivity index (χ4n) is 2.81. The second-order valence-electron chi connectivity index (χ2n) is 6.37. The zero-order valence-electron chi connectivity index (χ0n) is 14.4. The minimum absolute atomic E-state index is 0.148. The predicted octanol–water partition coefficient (Wildman–Crippen LogP) is 6.85. The molecule has 23 heavy (non-hydrogen) atoms. The van der Waals surface area contributed by atoms with Crippen molar-refractivity contribution in [2.75, 3.05) is 0 Å². The number of ketones is 1. The molecule has 0 unspecified atom stereocenters. The molecule has 0 aliphatic heterocycles. The Morgan fingerprint density at radius 3 is 1.65 bits per heavy atom. The first kappa shape index (κ1) is 19.8. The Morgan fingerprint density at radius 1 is 0.739 bits per heavy atom. The van der Waals surface area contributed by atoms with Crippen LogP contribution in [0, 0.1) is 11.6 Å². The second kappa shape index (κ2) is 12.2. The van der Waals surface area contributed by atoms with Crippen LogP contribution in [0.5, 0.6) is 0 Å². The maximum Gasteiger partial charge on any atom is 0.163 e. The van der Waals surface area contributed by atoms with Crippen molar-refractivity contribution in [3.63, 3.8) is 0 Å². The molecule has 3 heteroatoms. The molecule has 0 fully saturated rings. The van der Waals surface area contributed by atoms with Gasteiger partial charge in [0.15, 0.2) is 5.78 Å². The van der Waals surface area contributed by atoms with Gasteiger partial charge < -0.3 is 0 Å². The van der Waals surface area contributed by atoms with Gasteiger partial charge in [0.1, 0.15) is 11.6 Å². The summed E-state index contributed by atoms with van der Waals surface area (Å²) in [5.74, 6) is -1.54. The highest BCUT2D eigenvalue weighted by atomic mass is 19.1. The molecule has 1 rings (SSSR count). The van der Waals surface area contributed by atoms with E-state index in [1.54, 1.807) is 0 Å². The van der Waals surface area contributed by atoms with Crippen molar-refractivity contribution in [1.29, 1.82) is 0 Å². The topological polar surface area (TPSA) is 17.1 Å². The normalized spacial score (nSPS) is 10.9. The van der Waals surface area contributed by atoms with Crippen LogP contribution in [-0.2, 0) is 0 Å². The Morgan fingerprint density at radius 2 is 1.17 bits per heavy atom. The molecule has 1 aromatic carbocycles. The highest BCUT2D eigenvalue weighted by Crippen LogP contribution is 2.14. The van der Waals surface area contributed by atoms with Crippen molar-refractivity contribution < 1.29 is 13.6 Å². The Bertz CT molecular complexity index is 437. The second-order valence-corrected chi connectivity index (χ2v) is 6.37. The fraction of sp³-hybridized carbons (Fsp3) is 0.650. The van der Waals surface area contributed by atoms with Crippen LogP contribution in [0.25, 0.3) is 0 Å². The maximum absolute atomic E-state index is 13.1. The number of hydrogen-bond donors (Lipinski definition) is 0. The Balaban J connectivity index is 2.01. The van der Waals surface area contributed by atoms with Crippen LogP contribution < -0.4 is 0 Å². The van der Waals surface area contributed by atoms with Crippen molar-refractivity contribution in [2.45, 2.75) is 84.0 Å². The van der Waals surface area contributed by atoms with E-state index in [0.29, 0.717) is 6.42 Å². The van der Waals surface area contributed by atoms with E-state index in [1.807, 2.05) is 0 Å². The van der Waals surface area contributed by atoms with Gasteiger partial charge in [-0.2, -0.15) is 0 Å². The molecule has 0 amide bonds. The van der Waals surface area contributed by atoms with Crippen LogP contribution >= 0.6 is 0 Å². The van der Waals surface area contributed by atoms with E-state index >= 15 is 0 Å². The summed E-state index contributed by atoms with van der Waals surface area (Å²) in [5, 5.41) is 0. The maximum atomic E-state index is 13.1. The van der Waals surface area contributed by atoms with E-state index in [4.69, 9.17) is 0 Å². The molecule has 0 saturated carbocycles. The lowest BCUT2D eigenvalue weighted by atomic mass is 10.0. The van der Waals surface area contributed by atoms with Crippen LogP contribution in [-0.4, -0.2) is 5.78 Å². The summed E-state index contributed by atoms with van der Waals surface area (Å²) < 4.78 is 26.1. The van der Waals surface area contributed by atoms with Gasteiger partial charge in [-0.15, -0.1) is 0 Å². The average Bonchev–Trinajstić information content (AvgIpc) is 2.51. The van der Waals surface area contributed by atoms with E-state index in [0.717, 1.165) is 37.5 Å². The zero-order valence-corrected chi connectivity index (χ0v) is 14.4. The summed E-state index contributed by atoms with van der Waals surface area (Å²) in [7, 11) is 0. The lowest BCUT2D eigenvalue weighted by Crippen LogP contribution is -2.00.